The molecule has 0 N–H and O–H groups in total. The molecular weight excluding hydrogens is 198 g/mol. The minimum absolute atomic E-state index is 0.711. The van der Waals surface area contributed by atoms with Crippen molar-refractivity contribution < 1.29 is 0 Å². The standard InChI is InChI=1S/C13H17N3/c1-14-12-6-4-11(5-7-12)8-16-9-13(10-16)15(2)3/h4-7,13H,8-10H2,2-3H3. The van der Waals surface area contributed by atoms with Crippen molar-refractivity contribution in [1.29, 1.82) is 0 Å². The van der Waals surface area contributed by atoms with Gasteiger partial charge in [0.2, 0.25) is 0 Å². The van der Waals surface area contributed by atoms with Crippen molar-refractivity contribution in [1.82, 2.24) is 9.80 Å². The Bertz CT molecular complexity index is 383. The smallest absolute Gasteiger partial charge is 0.187 e. The van der Waals surface area contributed by atoms with Crippen LogP contribution in [0.5, 0.6) is 0 Å². The molecule has 1 saturated heterocycles. The van der Waals surface area contributed by atoms with Crippen LogP contribution in [0.1, 0.15) is 5.56 Å². The SMILES string of the molecule is [C-]#[N+]c1ccc(CN2CC(N(C)C)C2)cc1. The van der Waals surface area contributed by atoms with Gasteiger partial charge in [-0.3, -0.25) is 4.90 Å². The molecule has 0 radical (unpaired) electrons. The number of likely N-dealkylation sites (tertiary alicyclic amines) is 1. The van der Waals surface area contributed by atoms with Gasteiger partial charge in [0.15, 0.2) is 5.69 Å². The Labute approximate surface area is 97.1 Å². The maximum Gasteiger partial charge on any atom is 0.187 e. The molecule has 0 aromatic heterocycles. The molecule has 0 aliphatic carbocycles. The molecule has 3 heteroatoms. The van der Waals surface area contributed by atoms with E-state index in [0.29, 0.717) is 6.04 Å². The summed E-state index contributed by atoms with van der Waals surface area (Å²) in [5.41, 5.74) is 2.02. The lowest BCUT2D eigenvalue weighted by Crippen LogP contribution is -2.56. The van der Waals surface area contributed by atoms with Gasteiger partial charge < -0.3 is 4.90 Å². The van der Waals surface area contributed by atoms with E-state index >= 15 is 0 Å². The number of rotatable bonds is 3. The van der Waals surface area contributed by atoms with Crippen LogP contribution in [-0.2, 0) is 6.54 Å². The van der Waals surface area contributed by atoms with Crippen LogP contribution in [0.3, 0.4) is 0 Å². The monoisotopic (exact) mass is 215 g/mol. The Morgan fingerprint density at radius 2 is 1.94 bits per heavy atom. The second kappa shape index (κ2) is 4.65. The van der Waals surface area contributed by atoms with Crippen LogP contribution in [0.15, 0.2) is 24.3 Å². The largest absolute Gasteiger partial charge is 0.304 e. The third kappa shape index (κ3) is 2.41. The summed E-state index contributed by atoms with van der Waals surface area (Å²) in [5, 5.41) is 0. The molecule has 1 aromatic rings. The molecule has 1 heterocycles. The first-order valence-corrected chi connectivity index (χ1v) is 5.54. The van der Waals surface area contributed by atoms with Crippen LogP contribution < -0.4 is 0 Å². The molecule has 1 aromatic carbocycles. The van der Waals surface area contributed by atoms with E-state index in [1.165, 1.54) is 5.56 Å². The lowest BCUT2D eigenvalue weighted by Gasteiger charge is -2.42. The summed E-state index contributed by atoms with van der Waals surface area (Å²) >= 11 is 0. The molecule has 2 rings (SSSR count). The molecule has 16 heavy (non-hydrogen) atoms. The van der Waals surface area contributed by atoms with E-state index in [-0.39, 0.29) is 0 Å². The highest BCUT2D eigenvalue weighted by Crippen LogP contribution is 2.18. The van der Waals surface area contributed by atoms with Crippen LogP contribution in [0, 0.1) is 6.57 Å². The summed E-state index contributed by atoms with van der Waals surface area (Å²) in [7, 11) is 4.26. The Morgan fingerprint density at radius 3 is 2.44 bits per heavy atom. The topological polar surface area (TPSA) is 10.8 Å². The highest BCUT2D eigenvalue weighted by atomic mass is 15.3. The van der Waals surface area contributed by atoms with E-state index in [9.17, 15) is 0 Å². The molecule has 0 spiro atoms. The fraction of sp³-hybridized carbons (Fsp3) is 0.462. The molecule has 1 aliphatic heterocycles. The summed E-state index contributed by atoms with van der Waals surface area (Å²) in [6.45, 7) is 10.2. The van der Waals surface area contributed by atoms with Gasteiger partial charge in [-0.1, -0.05) is 24.3 Å². The normalized spacial score (nSPS) is 17.1. The van der Waals surface area contributed by atoms with Crippen LogP contribution >= 0.6 is 0 Å². The summed E-state index contributed by atoms with van der Waals surface area (Å²) in [5.74, 6) is 0. The first-order chi connectivity index (χ1) is 7.69. The van der Waals surface area contributed by atoms with Crippen molar-refractivity contribution in [2.45, 2.75) is 12.6 Å². The fourth-order valence-corrected chi connectivity index (χ4v) is 1.93. The minimum Gasteiger partial charge on any atom is -0.304 e. The van der Waals surface area contributed by atoms with Gasteiger partial charge in [-0.25, -0.2) is 4.85 Å². The van der Waals surface area contributed by atoms with Crippen molar-refractivity contribution in [3.05, 3.63) is 41.2 Å². The van der Waals surface area contributed by atoms with Gasteiger partial charge in [-0.2, -0.15) is 0 Å². The van der Waals surface area contributed by atoms with Crippen molar-refractivity contribution in [2.24, 2.45) is 0 Å². The van der Waals surface area contributed by atoms with Crippen LogP contribution in [0.25, 0.3) is 4.85 Å². The van der Waals surface area contributed by atoms with Gasteiger partial charge in [0.25, 0.3) is 0 Å². The molecule has 0 bridgehead atoms. The predicted octanol–water partition coefficient (Wildman–Crippen LogP) is 1.98. The predicted molar refractivity (Wildman–Crippen MR) is 65.5 cm³/mol. The molecule has 0 atom stereocenters. The highest BCUT2D eigenvalue weighted by Gasteiger charge is 2.27. The molecule has 84 valence electrons. The van der Waals surface area contributed by atoms with Gasteiger partial charge in [0.05, 0.1) is 6.57 Å². The zero-order chi connectivity index (χ0) is 11.5. The average molecular weight is 215 g/mol. The van der Waals surface area contributed by atoms with Gasteiger partial charge in [0, 0.05) is 25.7 Å². The molecule has 0 amide bonds. The number of nitrogens with zero attached hydrogens (tertiary/aromatic N) is 3. The van der Waals surface area contributed by atoms with Gasteiger partial charge in [-0.05, 0) is 19.7 Å². The summed E-state index contributed by atoms with van der Waals surface area (Å²) in [6.07, 6.45) is 0. The lowest BCUT2D eigenvalue weighted by atomic mass is 10.1. The summed E-state index contributed by atoms with van der Waals surface area (Å²) in [4.78, 5) is 8.09. The Balaban J connectivity index is 1.85. The second-order valence-electron chi connectivity index (χ2n) is 4.59. The lowest BCUT2D eigenvalue weighted by molar-refractivity contribution is 0.0574. The zero-order valence-electron chi connectivity index (χ0n) is 9.85. The van der Waals surface area contributed by atoms with E-state index in [1.54, 1.807) is 0 Å². The van der Waals surface area contributed by atoms with Crippen molar-refractivity contribution >= 4 is 5.69 Å². The molecule has 1 aliphatic rings. The number of benzene rings is 1. The number of hydrogen-bond donors (Lipinski definition) is 0. The van der Waals surface area contributed by atoms with E-state index in [2.05, 4.69) is 40.9 Å². The molecule has 0 unspecified atom stereocenters. The molecule has 0 saturated carbocycles. The van der Waals surface area contributed by atoms with Gasteiger partial charge in [-0.15, -0.1) is 0 Å². The Morgan fingerprint density at radius 1 is 1.31 bits per heavy atom. The Hall–Kier alpha value is -1.37. The van der Waals surface area contributed by atoms with Crippen molar-refractivity contribution in [2.75, 3.05) is 27.2 Å². The number of likely N-dealkylation sites (N-methyl/N-ethyl adjacent to an activating group) is 1. The van der Waals surface area contributed by atoms with E-state index in [0.717, 1.165) is 25.3 Å². The van der Waals surface area contributed by atoms with E-state index < -0.39 is 0 Å². The van der Waals surface area contributed by atoms with Crippen molar-refractivity contribution in [3.63, 3.8) is 0 Å². The van der Waals surface area contributed by atoms with Crippen LogP contribution in [-0.4, -0.2) is 43.0 Å². The number of hydrogen-bond acceptors (Lipinski definition) is 2. The first-order valence-electron chi connectivity index (χ1n) is 5.54. The van der Waals surface area contributed by atoms with E-state index in [1.807, 2.05) is 12.1 Å². The van der Waals surface area contributed by atoms with E-state index in [4.69, 9.17) is 6.57 Å². The van der Waals surface area contributed by atoms with Gasteiger partial charge in [0.1, 0.15) is 0 Å². The molecule has 3 nitrogen and oxygen atoms in total. The third-order valence-electron chi connectivity index (χ3n) is 3.14. The maximum absolute atomic E-state index is 6.89. The third-order valence-corrected chi connectivity index (χ3v) is 3.14. The second-order valence-corrected chi connectivity index (χ2v) is 4.59. The van der Waals surface area contributed by atoms with Gasteiger partial charge >= 0.3 is 0 Å². The zero-order valence-corrected chi connectivity index (χ0v) is 9.85. The summed E-state index contributed by atoms with van der Waals surface area (Å²) < 4.78 is 0. The maximum atomic E-state index is 6.89. The van der Waals surface area contributed by atoms with Crippen LogP contribution in [0.2, 0.25) is 0 Å². The minimum atomic E-state index is 0.711. The first kappa shape index (κ1) is 11.1. The fourth-order valence-electron chi connectivity index (χ4n) is 1.93. The Kier molecular flexibility index (Phi) is 3.23. The molecular formula is C13H17N3. The quantitative estimate of drug-likeness (QED) is 0.714. The summed E-state index contributed by atoms with van der Waals surface area (Å²) in [6, 6.07) is 8.60. The van der Waals surface area contributed by atoms with Crippen LogP contribution in [0.4, 0.5) is 5.69 Å². The average Bonchev–Trinajstić information content (AvgIpc) is 2.23. The molecule has 1 fully saturated rings. The highest BCUT2D eigenvalue weighted by molar-refractivity contribution is 5.45. The van der Waals surface area contributed by atoms with Crippen molar-refractivity contribution in [3.8, 4) is 0 Å².